The average Bonchev–Trinajstić information content (AvgIpc) is 2.02. The molecule has 0 bridgehead atoms. The minimum atomic E-state index is -0.419. The Labute approximate surface area is 83.6 Å². The van der Waals surface area contributed by atoms with Gasteiger partial charge < -0.3 is 10.8 Å². The highest BCUT2D eigenvalue weighted by Gasteiger charge is 2.25. The van der Waals surface area contributed by atoms with E-state index < -0.39 is 5.41 Å². The van der Waals surface area contributed by atoms with Crippen LogP contribution in [0.15, 0.2) is 24.3 Å². The van der Waals surface area contributed by atoms with Crippen LogP contribution in [-0.2, 0) is 10.2 Å². The maximum Gasteiger partial charge on any atom is 0.218 e. The molecular weight excluding hydrogens is 178 g/mol. The first-order valence-corrected chi connectivity index (χ1v) is 4.50. The average molecular weight is 193 g/mol. The summed E-state index contributed by atoms with van der Waals surface area (Å²) in [5.41, 5.74) is 5.47. The second-order valence-corrected chi connectivity index (χ2v) is 4.04. The molecule has 0 atom stereocenters. The second kappa shape index (κ2) is 3.70. The maximum atomic E-state index is 10.8. The van der Waals surface area contributed by atoms with Gasteiger partial charge in [0, 0.05) is 11.8 Å². The molecule has 0 spiro atoms. The van der Waals surface area contributed by atoms with Crippen molar-refractivity contribution in [2.24, 2.45) is 5.73 Å². The fraction of sp³-hybridized carbons (Fsp3) is 0.364. The SMILES string of the molecule is CC(C)(CC(N)=O)c1ccccc1O. The third-order valence-corrected chi connectivity index (χ3v) is 2.25. The van der Waals surface area contributed by atoms with Crippen LogP contribution in [0.2, 0.25) is 0 Å². The molecule has 0 saturated carbocycles. The van der Waals surface area contributed by atoms with Crippen LogP contribution in [0, 0.1) is 0 Å². The molecular formula is C11H15NO2. The van der Waals surface area contributed by atoms with Gasteiger partial charge in [-0.1, -0.05) is 32.0 Å². The van der Waals surface area contributed by atoms with Crippen LogP contribution in [0.3, 0.4) is 0 Å². The van der Waals surface area contributed by atoms with Crippen molar-refractivity contribution in [3.05, 3.63) is 29.8 Å². The molecule has 0 aliphatic rings. The molecule has 1 rings (SSSR count). The number of para-hydroxylation sites is 1. The number of hydrogen-bond acceptors (Lipinski definition) is 2. The summed E-state index contributed by atoms with van der Waals surface area (Å²) in [6.07, 6.45) is 0.227. The lowest BCUT2D eigenvalue weighted by Crippen LogP contribution is -2.26. The first-order valence-electron chi connectivity index (χ1n) is 4.50. The van der Waals surface area contributed by atoms with Crippen molar-refractivity contribution in [3.8, 4) is 5.75 Å². The fourth-order valence-corrected chi connectivity index (χ4v) is 1.58. The van der Waals surface area contributed by atoms with Gasteiger partial charge in [-0.15, -0.1) is 0 Å². The molecule has 1 aromatic carbocycles. The molecule has 0 unspecified atom stereocenters. The Morgan fingerprint density at radius 2 is 2.00 bits per heavy atom. The van der Waals surface area contributed by atoms with Crippen LogP contribution in [0.1, 0.15) is 25.8 Å². The van der Waals surface area contributed by atoms with Gasteiger partial charge in [0.2, 0.25) is 5.91 Å². The van der Waals surface area contributed by atoms with Crippen LogP contribution >= 0.6 is 0 Å². The van der Waals surface area contributed by atoms with Gasteiger partial charge in [-0.25, -0.2) is 0 Å². The number of carbonyl (C=O) groups excluding carboxylic acids is 1. The second-order valence-electron chi connectivity index (χ2n) is 4.04. The molecule has 3 nitrogen and oxygen atoms in total. The predicted molar refractivity (Wildman–Crippen MR) is 54.9 cm³/mol. The molecule has 1 amide bonds. The molecule has 0 aliphatic heterocycles. The Kier molecular flexibility index (Phi) is 2.79. The first-order chi connectivity index (χ1) is 6.43. The van der Waals surface area contributed by atoms with E-state index in [1.54, 1.807) is 18.2 Å². The van der Waals surface area contributed by atoms with Crippen LogP contribution in [-0.4, -0.2) is 11.0 Å². The Hall–Kier alpha value is -1.51. The van der Waals surface area contributed by atoms with E-state index in [2.05, 4.69) is 0 Å². The van der Waals surface area contributed by atoms with E-state index in [1.807, 2.05) is 19.9 Å². The zero-order valence-corrected chi connectivity index (χ0v) is 8.45. The Balaban J connectivity index is 3.03. The number of rotatable bonds is 3. The minimum Gasteiger partial charge on any atom is -0.508 e. The van der Waals surface area contributed by atoms with Gasteiger partial charge in [0.25, 0.3) is 0 Å². The number of phenolic OH excluding ortho intramolecular Hbond substituents is 1. The Morgan fingerprint density at radius 1 is 1.43 bits per heavy atom. The third kappa shape index (κ3) is 2.25. The summed E-state index contributed by atoms with van der Waals surface area (Å²) in [4.78, 5) is 10.8. The molecule has 3 N–H and O–H groups in total. The summed E-state index contributed by atoms with van der Waals surface area (Å²) in [5.74, 6) is -0.156. The van der Waals surface area contributed by atoms with E-state index in [9.17, 15) is 9.90 Å². The lowest BCUT2D eigenvalue weighted by atomic mass is 9.81. The number of aromatic hydroxyl groups is 1. The molecule has 76 valence electrons. The van der Waals surface area contributed by atoms with Gasteiger partial charge in [-0.2, -0.15) is 0 Å². The summed E-state index contributed by atoms with van der Waals surface area (Å²) in [5, 5.41) is 9.61. The van der Waals surface area contributed by atoms with Crippen molar-refractivity contribution in [3.63, 3.8) is 0 Å². The van der Waals surface area contributed by atoms with Gasteiger partial charge in [0.15, 0.2) is 0 Å². The van der Waals surface area contributed by atoms with E-state index in [0.717, 1.165) is 5.56 Å². The molecule has 0 saturated heterocycles. The number of phenols is 1. The lowest BCUT2D eigenvalue weighted by Gasteiger charge is -2.24. The number of benzene rings is 1. The van der Waals surface area contributed by atoms with Crippen molar-refractivity contribution >= 4 is 5.91 Å². The van der Waals surface area contributed by atoms with Crippen LogP contribution < -0.4 is 5.73 Å². The van der Waals surface area contributed by atoms with Gasteiger partial charge >= 0.3 is 0 Å². The van der Waals surface area contributed by atoms with Gasteiger partial charge in [-0.05, 0) is 11.6 Å². The van der Waals surface area contributed by atoms with Gasteiger partial charge in [-0.3, -0.25) is 4.79 Å². The normalized spacial score (nSPS) is 11.3. The predicted octanol–water partition coefficient (Wildman–Crippen LogP) is 1.55. The van der Waals surface area contributed by atoms with E-state index in [1.165, 1.54) is 0 Å². The number of hydrogen-bond donors (Lipinski definition) is 2. The van der Waals surface area contributed by atoms with Crippen molar-refractivity contribution in [1.29, 1.82) is 0 Å². The number of nitrogens with two attached hydrogens (primary N) is 1. The summed E-state index contributed by atoms with van der Waals surface area (Å²) >= 11 is 0. The van der Waals surface area contributed by atoms with Gasteiger partial charge in [0.05, 0.1) is 0 Å². The Morgan fingerprint density at radius 3 is 2.50 bits per heavy atom. The molecule has 0 aliphatic carbocycles. The molecule has 0 fully saturated rings. The van der Waals surface area contributed by atoms with Crippen LogP contribution in [0.25, 0.3) is 0 Å². The summed E-state index contributed by atoms with van der Waals surface area (Å²) < 4.78 is 0. The molecule has 0 aromatic heterocycles. The highest BCUT2D eigenvalue weighted by Crippen LogP contribution is 2.32. The fourth-order valence-electron chi connectivity index (χ4n) is 1.58. The molecule has 1 aromatic rings. The van der Waals surface area contributed by atoms with Gasteiger partial charge in [0.1, 0.15) is 5.75 Å². The maximum absolute atomic E-state index is 10.8. The summed E-state index contributed by atoms with van der Waals surface area (Å²) in [7, 11) is 0. The third-order valence-electron chi connectivity index (χ3n) is 2.25. The number of primary amides is 1. The number of amides is 1. The van der Waals surface area contributed by atoms with Crippen molar-refractivity contribution in [2.75, 3.05) is 0 Å². The van der Waals surface area contributed by atoms with Crippen LogP contribution in [0.4, 0.5) is 0 Å². The van der Waals surface area contributed by atoms with E-state index in [-0.39, 0.29) is 18.1 Å². The first kappa shape index (κ1) is 10.6. The van der Waals surface area contributed by atoms with E-state index in [4.69, 9.17) is 5.73 Å². The standard InChI is InChI=1S/C11H15NO2/c1-11(2,7-10(12)14)8-5-3-4-6-9(8)13/h3-6,13H,7H2,1-2H3,(H2,12,14). The minimum absolute atomic E-state index is 0.207. The highest BCUT2D eigenvalue weighted by atomic mass is 16.3. The van der Waals surface area contributed by atoms with Crippen molar-refractivity contribution in [2.45, 2.75) is 25.7 Å². The zero-order valence-electron chi connectivity index (χ0n) is 8.45. The lowest BCUT2D eigenvalue weighted by molar-refractivity contribution is -0.119. The molecule has 14 heavy (non-hydrogen) atoms. The van der Waals surface area contributed by atoms with Crippen LogP contribution in [0.5, 0.6) is 5.75 Å². The largest absolute Gasteiger partial charge is 0.508 e. The van der Waals surface area contributed by atoms with Crippen molar-refractivity contribution < 1.29 is 9.90 Å². The topological polar surface area (TPSA) is 63.3 Å². The quantitative estimate of drug-likeness (QED) is 0.764. The molecule has 0 radical (unpaired) electrons. The van der Waals surface area contributed by atoms with Crippen molar-refractivity contribution in [1.82, 2.24) is 0 Å². The Bertz CT molecular complexity index is 345. The monoisotopic (exact) mass is 193 g/mol. The smallest absolute Gasteiger partial charge is 0.218 e. The summed E-state index contributed by atoms with van der Waals surface area (Å²) in [6, 6.07) is 6.99. The molecule has 3 heteroatoms. The number of carbonyl (C=O) groups is 1. The van der Waals surface area contributed by atoms with E-state index in [0.29, 0.717) is 0 Å². The highest BCUT2D eigenvalue weighted by molar-refractivity contribution is 5.75. The summed E-state index contributed by atoms with van der Waals surface area (Å²) in [6.45, 7) is 3.76. The molecule has 0 heterocycles. The zero-order chi connectivity index (χ0) is 10.8. The van der Waals surface area contributed by atoms with E-state index >= 15 is 0 Å².